The van der Waals surface area contributed by atoms with Gasteiger partial charge in [-0.25, -0.2) is 17.6 Å². The van der Waals surface area contributed by atoms with Crippen molar-refractivity contribution < 1.29 is 27.1 Å². The molecule has 0 bridgehead atoms. The van der Waals surface area contributed by atoms with Gasteiger partial charge in [-0.15, -0.1) is 6.42 Å². The molecule has 1 aromatic rings. The van der Waals surface area contributed by atoms with Crippen molar-refractivity contribution >= 4 is 11.6 Å². The Labute approximate surface area is 130 Å². The smallest absolute Gasteiger partial charge is 0.256 e. The molecular weight excluding hydrogens is 314 g/mol. The molecule has 2 rings (SSSR count). The first-order chi connectivity index (χ1) is 10.9. The zero-order valence-electron chi connectivity index (χ0n) is 12.0. The number of nitrogens with zero attached hydrogens (tertiary/aromatic N) is 1. The lowest BCUT2D eigenvalue weighted by Gasteiger charge is -2.29. The topological polar surface area (TPSA) is 29.5 Å². The Morgan fingerprint density at radius 2 is 1.96 bits per heavy atom. The van der Waals surface area contributed by atoms with Crippen molar-refractivity contribution in [2.45, 2.75) is 19.3 Å². The number of alkyl halides is 2. The van der Waals surface area contributed by atoms with Crippen LogP contribution in [0.25, 0.3) is 5.70 Å². The number of ether oxygens (including phenoxy) is 1. The second kappa shape index (κ2) is 7.18. The summed E-state index contributed by atoms with van der Waals surface area (Å²) in [6, 6.07) is 1.80. The van der Waals surface area contributed by atoms with E-state index in [0.717, 1.165) is 12.1 Å². The van der Waals surface area contributed by atoms with Crippen LogP contribution in [0.3, 0.4) is 0 Å². The van der Waals surface area contributed by atoms with Gasteiger partial charge in [-0.2, -0.15) is 0 Å². The van der Waals surface area contributed by atoms with E-state index in [1.165, 1.54) is 6.08 Å². The lowest BCUT2D eigenvalue weighted by Crippen LogP contribution is -2.36. The first-order valence-corrected chi connectivity index (χ1v) is 6.78. The fourth-order valence-corrected chi connectivity index (χ4v) is 2.29. The molecule has 1 heterocycles. The SMILES string of the molecule is C#CCOc1cc(F)c(C2=CCCC(=O)N2CC(F)F)c(F)c1. The molecule has 122 valence electrons. The molecular formula is C16H13F4NO2. The van der Waals surface area contributed by atoms with Crippen LogP contribution >= 0.6 is 0 Å². The maximum Gasteiger partial charge on any atom is 0.256 e. The molecule has 1 aromatic carbocycles. The molecule has 0 aliphatic carbocycles. The molecule has 23 heavy (non-hydrogen) atoms. The number of hydrogen-bond donors (Lipinski definition) is 0. The second-order valence-corrected chi connectivity index (χ2v) is 4.78. The average molecular weight is 327 g/mol. The van der Waals surface area contributed by atoms with E-state index in [0.29, 0.717) is 4.90 Å². The molecule has 0 radical (unpaired) electrons. The van der Waals surface area contributed by atoms with Gasteiger partial charge in [0, 0.05) is 18.6 Å². The Balaban J connectivity index is 2.41. The molecule has 0 spiro atoms. The zero-order valence-corrected chi connectivity index (χ0v) is 12.0. The van der Waals surface area contributed by atoms with Gasteiger partial charge in [-0.05, 0) is 6.42 Å². The molecule has 0 fully saturated rings. The zero-order chi connectivity index (χ0) is 17.0. The predicted molar refractivity (Wildman–Crippen MR) is 75.6 cm³/mol. The molecule has 1 amide bonds. The van der Waals surface area contributed by atoms with E-state index in [2.05, 4.69) is 5.92 Å². The molecule has 0 atom stereocenters. The quantitative estimate of drug-likeness (QED) is 0.614. The summed E-state index contributed by atoms with van der Waals surface area (Å²) < 4.78 is 58.7. The Bertz CT molecular complexity index is 656. The maximum absolute atomic E-state index is 14.2. The maximum atomic E-state index is 14.2. The summed E-state index contributed by atoms with van der Waals surface area (Å²) in [6.07, 6.45) is 3.79. The molecule has 0 unspecified atom stereocenters. The molecule has 0 saturated heterocycles. The predicted octanol–water partition coefficient (Wildman–Crippen LogP) is 3.21. The molecule has 1 aliphatic heterocycles. The minimum Gasteiger partial charge on any atom is -0.481 e. The highest BCUT2D eigenvalue weighted by atomic mass is 19.3. The summed E-state index contributed by atoms with van der Waals surface area (Å²) in [6.45, 7) is -1.09. The third kappa shape index (κ3) is 3.83. The number of carbonyl (C=O) groups is 1. The molecule has 0 aromatic heterocycles. The Morgan fingerprint density at radius 1 is 1.30 bits per heavy atom. The van der Waals surface area contributed by atoms with Gasteiger partial charge in [0.25, 0.3) is 6.43 Å². The van der Waals surface area contributed by atoms with Crippen LogP contribution in [0.2, 0.25) is 0 Å². The largest absolute Gasteiger partial charge is 0.481 e. The van der Waals surface area contributed by atoms with E-state index < -0.39 is 36.1 Å². The van der Waals surface area contributed by atoms with Gasteiger partial charge in [0.05, 0.1) is 17.8 Å². The van der Waals surface area contributed by atoms with E-state index >= 15 is 0 Å². The number of allylic oxidation sites excluding steroid dienone is 1. The van der Waals surface area contributed by atoms with Crippen molar-refractivity contribution in [3.8, 4) is 18.1 Å². The summed E-state index contributed by atoms with van der Waals surface area (Å²) in [5, 5.41) is 0. The normalized spacial score (nSPS) is 14.7. The van der Waals surface area contributed by atoms with Gasteiger partial charge >= 0.3 is 0 Å². The summed E-state index contributed by atoms with van der Waals surface area (Å²) in [5.74, 6) is -0.603. The van der Waals surface area contributed by atoms with Gasteiger partial charge < -0.3 is 9.64 Å². The van der Waals surface area contributed by atoms with Crippen molar-refractivity contribution in [1.29, 1.82) is 0 Å². The first-order valence-electron chi connectivity index (χ1n) is 6.78. The summed E-state index contributed by atoms with van der Waals surface area (Å²) in [4.78, 5) is 12.5. The van der Waals surface area contributed by atoms with Gasteiger partial charge in [0.15, 0.2) is 0 Å². The average Bonchev–Trinajstić information content (AvgIpc) is 2.47. The van der Waals surface area contributed by atoms with Gasteiger partial charge in [0.1, 0.15) is 24.0 Å². The van der Waals surface area contributed by atoms with Crippen LogP contribution in [0.1, 0.15) is 18.4 Å². The minimum absolute atomic E-state index is 0.0167. The van der Waals surface area contributed by atoms with Crippen LogP contribution in [0.15, 0.2) is 18.2 Å². The van der Waals surface area contributed by atoms with Crippen molar-refractivity contribution in [3.05, 3.63) is 35.4 Å². The molecule has 0 N–H and O–H groups in total. The molecule has 7 heteroatoms. The number of amides is 1. The number of hydrogen-bond acceptors (Lipinski definition) is 2. The third-order valence-electron chi connectivity index (χ3n) is 3.20. The Morgan fingerprint density at radius 3 is 2.52 bits per heavy atom. The third-order valence-corrected chi connectivity index (χ3v) is 3.20. The lowest BCUT2D eigenvalue weighted by atomic mass is 10.0. The number of benzene rings is 1. The van der Waals surface area contributed by atoms with E-state index in [4.69, 9.17) is 11.2 Å². The monoisotopic (exact) mass is 327 g/mol. The number of halogens is 4. The van der Waals surface area contributed by atoms with Crippen LogP contribution < -0.4 is 4.74 Å². The van der Waals surface area contributed by atoms with E-state index in [-0.39, 0.29) is 30.9 Å². The van der Waals surface area contributed by atoms with E-state index in [9.17, 15) is 22.4 Å². The first kappa shape index (κ1) is 16.9. The fourth-order valence-electron chi connectivity index (χ4n) is 2.29. The minimum atomic E-state index is -2.81. The lowest BCUT2D eigenvalue weighted by molar-refractivity contribution is -0.129. The van der Waals surface area contributed by atoms with E-state index in [1.807, 2.05) is 0 Å². The standard InChI is InChI=1S/C16H13F4NO2/c1-2-6-23-10-7-11(17)16(12(18)8-10)13-4-3-5-15(22)21(13)9-14(19)20/h1,4,7-8,14H,3,5-6,9H2. The van der Waals surface area contributed by atoms with Crippen molar-refractivity contribution in [3.63, 3.8) is 0 Å². The number of carbonyl (C=O) groups excluding carboxylic acids is 1. The van der Waals surface area contributed by atoms with Gasteiger partial charge in [-0.1, -0.05) is 12.0 Å². The van der Waals surface area contributed by atoms with Crippen LogP contribution in [-0.2, 0) is 4.79 Å². The van der Waals surface area contributed by atoms with Crippen LogP contribution in [0.5, 0.6) is 5.75 Å². The fraction of sp³-hybridized carbons (Fsp3) is 0.312. The van der Waals surface area contributed by atoms with Gasteiger partial charge in [-0.3, -0.25) is 4.79 Å². The summed E-state index contributed by atoms with van der Waals surface area (Å²) in [5.41, 5.74) is -0.730. The van der Waals surface area contributed by atoms with Crippen molar-refractivity contribution in [2.24, 2.45) is 0 Å². The summed E-state index contributed by atoms with van der Waals surface area (Å²) in [7, 11) is 0. The van der Waals surface area contributed by atoms with E-state index in [1.54, 1.807) is 0 Å². The second-order valence-electron chi connectivity index (χ2n) is 4.78. The van der Waals surface area contributed by atoms with Crippen molar-refractivity contribution in [2.75, 3.05) is 13.2 Å². The Kier molecular flexibility index (Phi) is 5.27. The van der Waals surface area contributed by atoms with Crippen LogP contribution in [0, 0.1) is 24.0 Å². The highest BCUT2D eigenvalue weighted by Gasteiger charge is 2.29. The van der Waals surface area contributed by atoms with Crippen LogP contribution in [0.4, 0.5) is 17.6 Å². The molecule has 1 aliphatic rings. The van der Waals surface area contributed by atoms with Crippen LogP contribution in [-0.4, -0.2) is 30.4 Å². The molecule has 3 nitrogen and oxygen atoms in total. The highest BCUT2D eigenvalue weighted by molar-refractivity contribution is 5.89. The number of rotatable bonds is 5. The van der Waals surface area contributed by atoms with Gasteiger partial charge in [0.2, 0.25) is 5.91 Å². The Hall–Kier alpha value is -2.49. The highest BCUT2D eigenvalue weighted by Crippen LogP contribution is 2.32. The summed E-state index contributed by atoms with van der Waals surface area (Å²) >= 11 is 0. The molecule has 0 saturated carbocycles. The number of terminal acetylenes is 1. The van der Waals surface area contributed by atoms with Crippen molar-refractivity contribution in [1.82, 2.24) is 4.90 Å².